The van der Waals surface area contributed by atoms with Crippen molar-refractivity contribution in [3.63, 3.8) is 0 Å². The summed E-state index contributed by atoms with van der Waals surface area (Å²) in [5.41, 5.74) is 7.04. The summed E-state index contributed by atoms with van der Waals surface area (Å²) in [5.74, 6) is 0.776. The van der Waals surface area contributed by atoms with Gasteiger partial charge in [0.25, 0.3) is 0 Å². The van der Waals surface area contributed by atoms with Crippen molar-refractivity contribution in [3.05, 3.63) is 23.8 Å². The quantitative estimate of drug-likeness (QED) is 0.831. The van der Waals surface area contributed by atoms with Crippen LogP contribution in [0.3, 0.4) is 0 Å². The second-order valence-electron chi connectivity index (χ2n) is 3.67. The average Bonchev–Trinajstić information content (AvgIpc) is 2.51. The maximum absolute atomic E-state index is 12.0. The molecule has 1 aliphatic heterocycles. The first-order chi connectivity index (χ1) is 7.19. The van der Waals surface area contributed by atoms with Gasteiger partial charge in [-0.15, -0.1) is 0 Å². The zero-order chi connectivity index (χ0) is 11.0. The minimum absolute atomic E-state index is 0.0482. The van der Waals surface area contributed by atoms with Crippen LogP contribution in [0.1, 0.15) is 24.9 Å². The Morgan fingerprint density at radius 1 is 1.53 bits per heavy atom. The van der Waals surface area contributed by atoms with E-state index < -0.39 is 10.8 Å². The molecule has 0 bridgehead atoms. The summed E-state index contributed by atoms with van der Waals surface area (Å²) >= 11 is 0. The van der Waals surface area contributed by atoms with Crippen LogP contribution in [0.25, 0.3) is 0 Å². The van der Waals surface area contributed by atoms with Gasteiger partial charge >= 0.3 is 0 Å². The van der Waals surface area contributed by atoms with Crippen molar-refractivity contribution in [1.82, 2.24) is 0 Å². The van der Waals surface area contributed by atoms with Crippen LogP contribution >= 0.6 is 0 Å². The summed E-state index contributed by atoms with van der Waals surface area (Å²) in [4.78, 5) is 0.871. The highest BCUT2D eigenvalue weighted by molar-refractivity contribution is 7.86. The van der Waals surface area contributed by atoms with Crippen molar-refractivity contribution in [2.45, 2.75) is 29.5 Å². The van der Waals surface area contributed by atoms with E-state index in [0.29, 0.717) is 0 Å². The fourth-order valence-electron chi connectivity index (χ4n) is 2.00. The highest BCUT2D eigenvalue weighted by atomic mass is 32.2. The predicted octanol–water partition coefficient (Wildman–Crippen LogP) is 1.59. The molecular formula is C11H15NO2S. The molecule has 1 heterocycles. The molecule has 0 amide bonds. The monoisotopic (exact) mass is 225 g/mol. The van der Waals surface area contributed by atoms with Crippen molar-refractivity contribution in [1.29, 1.82) is 0 Å². The van der Waals surface area contributed by atoms with Crippen LogP contribution in [0.5, 0.6) is 5.75 Å². The van der Waals surface area contributed by atoms with E-state index in [-0.39, 0.29) is 11.3 Å². The number of methoxy groups -OCH3 is 1. The topological polar surface area (TPSA) is 52.3 Å². The molecular weight excluding hydrogens is 210 g/mol. The molecule has 1 aromatic rings. The lowest BCUT2D eigenvalue weighted by molar-refractivity contribution is 0.413. The van der Waals surface area contributed by atoms with Gasteiger partial charge in [0.15, 0.2) is 0 Å². The van der Waals surface area contributed by atoms with Gasteiger partial charge in [-0.25, -0.2) is 0 Å². The third-order valence-electron chi connectivity index (χ3n) is 2.87. The first-order valence-electron chi connectivity index (χ1n) is 5.03. The molecule has 0 aliphatic carbocycles. The molecule has 0 radical (unpaired) electrons. The van der Waals surface area contributed by atoms with Gasteiger partial charge in [-0.2, -0.15) is 0 Å². The van der Waals surface area contributed by atoms with Gasteiger partial charge in [-0.3, -0.25) is 4.21 Å². The maximum Gasteiger partial charge on any atom is 0.119 e. The lowest BCUT2D eigenvalue weighted by Crippen LogP contribution is -2.22. The summed E-state index contributed by atoms with van der Waals surface area (Å²) < 4.78 is 17.2. The Labute approximate surface area is 92.1 Å². The fraction of sp³-hybridized carbons (Fsp3) is 0.455. The van der Waals surface area contributed by atoms with Crippen molar-refractivity contribution < 1.29 is 8.95 Å². The lowest BCUT2D eigenvalue weighted by atomic mass is 10.0. The van der Waals surface area contributed by atoms with Gasteiger partial charge in [0.2, 0.25) is 0 Å². The number of hydrogen-bond acceptors (Lipinski definition) is 3. The molecule has 0 spiro atoms. The van der Waals surface area contributed by atoms with E-state index in [4.69, 9.17) is 10.5 Å². The lowest BCUT2D eigenvalue weighted by Gasteiger charge is -2.11. The van der Waals surface area contributed by atoms with Crippen LogP contribution in [0, 0.1) is 0 Å². The minimum Gasteiger partial charge on any atom is -0.497 e. The standard InChI is InChI=1S/C11H15NO2S/c1-3-9-11(12)8-6-7(14-2)4-5-10(8)15(9)13/h4-6,9,11H,3,12H2,1-2H3. The molecule has 0 saturated heterocycles. The van der Waals surface area contributed by atoms with Gasteiger partial charge in [-0.05, 0) is 30.2 Å². The molecule has 3 unspecified atom stereocenters. The Balaban J connectivity index is 2.48. The molecule has 1 aromatic carbocycles. The second-order valence-corrected chi connectivity index (χ2v) is 5.31. The molecule has 0 fully saturated rings. The van der Waals surface area contributed by atoms with Crippen LogP contribution in [-0.4, -0.2) is 16.6 Å². The van der Waals surface area contributed by atoms with Gasteiger partial charge < -0.3 is 10.5 Å². The first kappa shape index (κ1) is 10.6. The molecule has 2 N–H and O–H groups in total. The van der Waals surface area contributed by atoms with E-state index >= 15 is 0 Å². The number of fused-ring (bicyclic) bond motifs is 1. The molecule has 3 atom stereocenters. The van der Waals surface area contributed by atoms with Crippen LogP contribution in [0.15, 0.2) is 23.1 Å². The molecule has 3 nitrogen and oxygen atoms in total. The molecule has 4 heteroatoms. The Hall–Kier alpha value is -0.870. The van der Waals surface area contributed by atoms with Gasteiger partial charge in [-0.1, -0.05) is 6.92 Å². The minimum atomic E-state index is -0.956. The number of ether oxygens (including phenoxy) is 1. The van der Waals surface area contributed by atoms with Crippen molar-refractivity contribution in [2.24, 2.45) is 5.73 Å². The van der Waals surface area contributed by atoms with Crippen LogP contribution in [-0.2, 0) is 10.8 Å². The molecule has 1 aliphatic rings. The third kappa shape index (κ3) is 1.58. The average molecular weight is 225 g/mol. The van der Waals surface area contributed by atoms with E-state index in [1.54, 1.807) is 7.11 Å². The Kier molecular flexibility index (Phi) is 2.80. The van der Waals surface area contributed by atoms with Crippen molar-refractivity contribution in [3.8, 4) is 5.75 Å². The van der Waals surface area contributed by atoms with Gasteiger partial charge in [0.1, 0.15) is 5.75 Å². The molecule has 0 aromatic heterocycles. The zero-order valence-electron chi connectivity index (χ0n) is 8.90. The molecule has 82 valence electrons. The maximum atomic E-state index is 12.0. The summed E-state index contributed by atoms with van der Waals surface area (Å²) in [6.45, 7) is 2.02. The van der Waals surface area contributed by atoms with E-state index in [1.807, 2.05) is 25.1 Å². The largest absolute Gasteiger partial charge is 0.497 e. The second kappa shape index (κ2) is 3.94. The number of rotatable bonds is 2. The predicted molar refractivity (Wildman–Crippen MR) is 60.4 cm³/mol. The molecule has 2 rings (SSSR count). The Morgan fingerprint density at radius 3 is 2.87 bits per heavy atom. The smallest absolute Gasteiger partial charge is 0.119 e. The van der Waals surface area contributed by atoms with E-state index in [9.17, 15) is 4.21 Å². The SMILES string of the molecule is CCC1C(N)c2cc(OC)ccc2S1=O. The number of nitrogens with two attached hydrogens (primary N) is 1. The van der Waals surface area contributed by atoms with E-state index in [2.05, 4.69) is 0 Å². The van der Waals surface area contributed by atoms with Crippen LogP contribution in [0.4, 0.5) is 0 Å². The van der Waals surface area contributed by atoms with E-state index in [1.165, 1.54) is 0 Å². The summed E-state index contributed by atoms with van der Waals surface area (Å²) in [6, 6.07) is 5.47. The van der Waals surface area contributed by atoms with Gasteiger partial charge in [0, 0.05) is 10.9 Å². The third-order valence-corrected chi connectivity index (χ3v) is 4.85. The number of benzene rings is 1. The molecule has 0 saturated carbocycles. The Morgan fingerprint density at radius 2 is 2.27 bits per heavy atom. The fourth-order valence-corrected chi connectivity index (χ4v) is 3.67. The molecule has 15 heavy (non-hydrogen) atoms. The number of hydrogen-bond donors (Lipinski definition) is 1. The summed E-state index contributed by atoms with van der Waals surface area (Å²) in [5, 5.41) is 0.0482. The summed E-state index contributed by atoms with van der Waals surface area (Å²) in [6.07, 6.45) is 0.838. The van der Waals surface area contributed by atoms with Gasteiger partial charge in [0.05, 0.1) is 23.2 Å². The summed E-state index contributed by atoms with van der Waals surface area (Å²) in [7, 11) is 0.665. The van der Waals surface area contributed by atoms with Crippen molar-refractivity contribution in [2.75, 3.05) is 7.11 Å². The normalized spacial score (nSPS) is 28.9. The Bertz CT molecular complexity index is 406. The highest BCUT2D eigenvalue weighted by Gasteiger charge is 2.35. The zero-order valence-corrected chi connectivity index (χ0v) is 9.71. The highest BCUT2D eigenvalue weighted by Crippen LogP contribution is 2.38. The van der Waals surface area contributed by atoms with Crippen LogP contribution in [0.2, 0.25) is 0 Å². The van der Waals surface area contributed by atoms with Crippen LogP contribution < -0.4 is 10.5 Å². The first-order valence-corrected chi connectivity index (χ1v) is 6.24. The van der Waals surface area contributed by atoms with Crippen molar-refractivity contribution >= 4 is 10.8 Å². The van der Waals surface area contributed by atoms with E-state index in [0.717, 1.165) is 22.6 Å².